The maximum absolute atomic E-state index is 12.6. The van der Waals surface area contributed by atoms with E-state index in [9.17, 15) is 18.0 Å². The average Bonchev–Trinajstić information content (AvgIpc) is 2.39. The number of alkyl halides is 3. The molecular formula is C15H23F3O. The summed E-state index contributed by atoms with van der Waals surface area (Å²) in [6, 6.07) is 0. The highest BCUT2D eigenvalue weighted by Gasteiger charge is 2.42. The van der Waals surface area contributed by atoms with E-state index in [1.54, 1.807) is 0 Å². The van der Waals surface area contributed by atoms with Crippen LogP contribution in [0.3, 0.4) is 0 Å². The van der Waals surface area contributed by atoms with Crippen molar-refractivity contribution < 1.29 is 18.0 Å². The third-order valence-corrected chi connectivity index (χ3v) is 4.86. The smallest absolute Gasteiger partial charge is 0.299 e. The van der Waals surface area contributed by atoms with Crippen LogP contribution in [-0.2, 0) is 4.79 Å². The number of Topliss-reactive ketones (excluding diaryl/α,β-unsaturated/α-hetero) is 1. The zero-order chi connectivity index (χ0) is 13.9. The Labute approximate surface area is 112 Å². The van der Waals surface area contributed by atoms with Crippen molar-refractivity contribution in [1.82, 2.24) is 0 Å². The van der Waals surface area contributed by atoms with Crippen LogP contribution >= 0.6 is 0 Å². The third-order valence-electron chi connectivity index (χ3n) is 4.86. The van der Waals surface area contributed by atoms with Crippen LogP contribution in [0.4, 0.5) is 13.2 Å². The van der Waals surface area contributed by atoms with Crippen molar-refractivity contribution in [1.29, 1.82) is 0 Å². The van der Waals surface area contributed by atoms with E-state index in [1.807, 2.05) is 0 Å². The lowest BCUT2D eigenvalue weighted by molar-refractivity contribution is -0.184. The van der Waals surface area contributed by atoms with Crippen LogP contribution in [0, 0.1) is 17.8 Å². The SMILES string of the molecule is O=C(CC1CCCCC1)C1CCC(C(F)(F)F)CC1. The number of carbonyl (C=O) groups is 1. The monoisotopic (exact) mass is 276 g/mol. The molecule has 19 heavy (non-hydrogen) atoms. The van der Waals surface area contributed by atoms with Gasteiger partial charge in [-0.15, -0.1) is 0 Å². The summed E-state index contributed by atoms with van der Waals surface area (Å²) < 4.78 is 37.7. The van der Waals surface area contributed by atoms with Crippen molar-refractivity contribution in [2.45, 2.75) is 70.4 Å². The van der Waals surface area contributed by atoms with Gasteiger partial charge in [-0.25, -0.2) is 0 Å². The molecule has 0 bridgehead atoms. The molecule has 0 radical (unpaired) electrons. The standard InChI is InChI=1S/C15H23F3O/c16-15(17,18)13-8-6-12(7-9-13)14(19)10-11-4-2-1-3-5-11/h11-13H,1-10H2. The van der Waals surface area contributed by atoms with Crippen LogP contribution in [0.5, 0.6) is 0 Å². The minimum absolute atomic E-state index is 0.0967. The second-order valence-electron chi connectivity index (χ2n) is 6.26. The first-order valence-electron chi connectivity index (χ1n) is 7.56. The highest BCUT2D eigenvalue weighted by Crippen LogP contribution is 2.40. The van der Waals surface area contributed by atoms with Gasteiger partial charge in [0.2, 0.25) is 0 Å². The molecule has 0 aromatic rings. The molecule has 0 spiro atoms. The summed E-state index contributed by atoms with van der Waals surface area (Å²) in [6.45, 7) is 0. The van der Waals surface area contributed by atoms with E-state index >= 15 is 0 Å². The molecule has 0 aliphatic heterocycles. The van der Waals surface area contributed by atoms with Crippen molar-refractivity contribution in [2.75, 3.05) is 0 Å². The maximum atomic E-state index is 12.6. The average molecular weight is 276 g/mol. The van der Waals surface area contributed by atoms with Gasteiger partial charge in [0.05, 0.1) is 5.92 Å². The molecule has 2 aliphatic carbocycles. The molecule has 2 fully saturated rings. The normalized spacial score (nSPS) is 30.3. The summed E-state index contributed by atoms with van der Waals surface area (Å²) in [7, 11) is 0. The van der Waals surface area contributed by atoms with Gasteiger partial charge in [-0.3, -0.25) is 4.79 Å². The van der Waals surface area contributed by atoms with E-state index in [0.29, 0.717) is 25.2 Å². The van der Waals surface area contributed by atoms with E-state index in [2.05, 4.69) is 0 Å². The lowest BCUT2D eigenvalue weighted by Crippen LogP contribution is -2.31. The van der Waals surface area contributed by atoms with Gasteiger partial charge >= 0.3 is 6.18 Å². The second-order valence-corrected chi connectivity index (χ2v) is 6.26. The Morgan fingerprint density at radius 1 is 0.895 bits per heavy atom. The Hall–Kier alpha value is -0.540. The summed E-state index contributed by atoms with van der Waals surface area (Å²) in [4.78, 5) is 12.1. The summed E-state index contributed by atoms with van der Waals surface area (Å²) in [5.74, 6) is -0.541. The van der Waals surface area contributed by atoms with E-state index in [-0.39, 0.29) is 24.5 Å². The van der Waals surface area contributed by atoms with Crippen molar-refractivity contribution in [3.8, 4) is 0 Å². The Morgan fingerprint density at radius 2 is 1.47 bits per heavy atom. The number of hydrogen-bond acceptors (Lipinski definition) is 1. The number of ketones is 1. The molecule has 0 unspecified atom stereocenters. The number of carbonyl (C=O) groups excluding carboxylic acids is 1. The minimum atomic E-state index is -4.07. The summed E-state index contributed by atoms with van der Waals surface area (Å²) in [5.41, 5.74) is 0. The first-order chi connectivity index (χ1) is 8.97. The van der Waals surface area contributed by atoms with Crippen molar-refractivity contribution in [3.05, 3.63) is 0 Å². The number of rotatable bonds is 3. The lowest BCUT2D eigenvalue weighted by Gasteiger charge is -2.30. The van der Waals surface area contributed by atoms with Gasteiger partial charge in [0.1, 0.15) is 5.78 Å². The molecule has 1 nitrogen and oxygen atoms in total. The lowest BCUT2D eigenvalue weighted by atomic mass is 9.76. The number of hydrogen-bond donors (Lipinski definition) is 0. The van der Waals surface area contributed by atoms with Gasteiger partial charge in [0.25, 0.3) is 0 Å². The van der Waals surface area contributed by atoms with Gasteiger partial charge in [0.15, 0.2) is 0 Å². The van der Waals surface area contributed by atoms with Gasteiger partial charge in [-0.2, -0.15) is 13.2 Å². The second kappa shape index (κ2) is 6.27. The van der Waals surface area contributed by atoms with E-state index in [4.69, 9.17) is 0 Å². The van der Waals surface area contributed by atoms with E-state index < -0.39 is 12.1 Å². The van der Waals surface area contributed by atoms with Crippen LogP contribution < -0.4 is 0 Å². The fourth-order valence-corrected chi connectivity index (χ4v) is 3.59. The van der Waals surface area contributed by atoms with Crippen LogP contribution in [0.25, 0.3) is 0 Å². The summed E-state index contributed by atoms with van der Waals surface area (Å²) in [6.07, 6.45) is 3.64. The van der Waals surface area contributed by atoms with E-state index in [0.717, 1.165) is 12.8 Å². The molecule has 0 heterocycles. The molecule has 0 aromatic carbocycles. The van der Waals surface area contributed by atoms with Gasteiger partial charge < -0.3 is 0 Å². The summed E-state index contributed by atoms with van der Waals surface area (Å²) in [5, 5.41) is 0. The van der Waals surface area contributed by atoms with Crippen molar-refractivity contribution >= 4 is 5.78 Å². The summed E-state index contributed by atoms with van der Waals surface area (Å²) >= 11 is 0. The molecule has 0 saturated heterocycles. The van der Waals surface area contributed by atoms with Crippen LogP contribution in [0.2, 0.25) is 0 Å². The quantitative estimate of drug-likeness (QED) is 0.717. The fraction of sp³-hybridized carbons (Fsp3) is 0.933. The van der Waals surface area contributed by atoms with Gasteiger partial charge in [-0.05, 0) is 31.6 Å². The molecule has 110 valence electrons. The topological polar surface area (TPSA) is 17.1 Å². The molecular weight excluding hydrogens is 253 g/mol. The molecule has 0 atom stereocenters. The Bertz CT molecular complexity index is 297. The molecule has 0 N–H and O–H groups in total. The fourth-order valence-electron chi connectivity index (χ4n) is 3.59. The molecule has 0 amide bonds. The van der Waals surface area contributed by atoms with Crippen LogP contribution in [-0.4, -0.2) is 12.0 Å². The predicted molar refractivity (Wildman–Crippen MR) is 67.7 cm³/mol. The molecule has 0 aromatic heterocycles. The first-order valence-corrected chi connectivity index (χ1v) is 7.56. The molecule has 2 rings (SSSR count). The zero-order valence-electron chi connectivity index (χ0n) is 11.3. The first kappa shape index (κ1) is 14.9. The van der Waals surface area contributed by atoms with Crippen molar-refractivity contribution in [3.63, 3.8) is 0 Å². The minimum Gasteiger partial charge on any atom is -0.299 e. The van der Waals surface area contributed by atoms with Crippen molar-refractivity contribution in [2.24, 2.45) is 17.8 Å². The molecule has 2 aliphatic rings. The Kier molecular flexibility index (Phi) is 4.91. The highest BCUT2D eigenvalue weighted by atomic mass is 19.4. The molecule has 4 heteroatoms. The van der Waals surface area contributed by atoms with Crippen LogP contribution in [0.1, 0.15) is 64.2 Å². The predicted octanol–water partition coefficient (Wildman–Crippen LogP) is 4.89. The number of halogens is 3. The molecule has 2 saturated carbocycles. The largest absolute Gasteiger partial charge is 0.391 e. The Morgan fingerprint density at radius 3 is 2.00 bits per heavy atom. The highest BCUT2D eigenvalue weighted by molar-refractivity contribution is 5.81. The zero-order valence-corrected chi connectivity index (χ0v) is 11.3. The van der Waals surface area contributed by atoms with Gasteiger partial charge in [0, 0.05) is 12.3 Å². The third kappa shape index (κ3) is 4.22. The van der Waals surface area contributed by atoms with Crippen LogP contribution in [0.15, 0.2) is 0 Å². The maximum Gasteiger partial charge on any atom is 0.391 e. The Balaban J connectivity index is 1.76. The van der Waals surface area contributed by atoms with E-state index in [1.165, 1.54) is 19.3 Å². The van der Waals surface area contributed by atoms with Gasteiger partial charge in [-0.1, -0.05) is 32.1 Å².